The third kappa shape index (κ3) is 3.40. The van der Waals surface area contributed by atoms with Crippen LogP contribution in [0, 0.1) is 6.92 Å². The number of nitrogens with zero attached hydrogens (tertiary/aromatic N) is 3. The highest BCUT2D eigenvalue weighted by atomic mass is 16.4. The zero-order valence-corrected chi connectivity index (χ0v) is 16.6. The molecule has 2 saturated heterocycles. The maximum atomic E-state index is 12.8. The van der Waals surface area contributed by atoms with E-state index in [4.69, 9.17) is 0 Å². The summed E-state index contributed by atoms with van der Waals surface area (Å²) in [6.07, 6.45) is 2.07. The minimum Gasteiger partial charge on any atom is -0.477 e. The molecule has 0 saturated carbocycles. The Bertz CT molecular complexity index is 898. The number of aryl methyl sites for hydroxylation is 1. The molecule has 0 radical (unpaired) electrons. The van der Waals surface area contributed by atoms with Gasteiger partial charge in [0.15, 0.2) is 0 Å². The number of piperazine rings is 1. The number of carbonyl (C=O) groups is 2. The molecule has 2 aromatic rings. The molecule has 1 unspecified atom stereocenters. The normalized spacial score (nSPS) is 21.5. The topological polar surface area (TPSA) is 79.9 Å². The number of likely N-dealkylation sites (tertiary alicyclic amines) is 1. The molecule has 28 heavy (non-hydrogen) atoms. The highest BCUT2D eigenvalue weighted by molar-refractivity contribution is 5.98. The number of hydrogen-bond donors (Lipinski definition) is 2. The number of likely N-dealkylation sites (N-methyl/N-ethyl adjacent to an activating group) is 1. The molecule has 1 aromatic heterocycles. The summed E-state index contributed by atoms with van der Waals surface area (Å²) in [6, 6.07) is 6.05. The fourth-order valence-corrected chi connectivity index (χ4v) is 4.56. The highest BCUT2D eigenvalue weighted by Gasteiger charge is 2.32. The molecule has 2 aliphatic heterocycles. The molecule has 1 aromatic carbocycles. The third-order valence-electron chi connectivity index (χ3n) is 6.28. The summed E-state index contributed by atoms with van der Waals surface area (Å²) in [4.78, 5) is 33.8. The molecular formula is C21H28N4O3. The van der Waals surface area contributed by atoms with Crippen molar-refractivity contribution < 1.29 is 14.7 Å². The van der Waals surface area contributed by atoms with Gasteiger partial charge in [0.25, 0.3) is 0 Å². The smallest absolute Gasteiger partial charge is 0.352 e. The van der Waals surface area contributed by atoms with Gasteiger partial charge in [-0.15, -0.1) is 0 Å². The van der Waals surface area contributed by atoms with Crippen molar-refractivity contribution in [1.29, 1.82) is 0 Å². The van der Waals surface area contributed by atoms with E-state index in [1.807, 2.05) is 31.0 Å². The Morgan fingerprint density at radius 3 is 2.57 bits per heavy atom. The molecule has 0 bridgehead atoms. The van der Waals surface area contributed by atoms with Crippen molar-refractivity contribution in [2.75, 3.05) is 39.8 Å². The summed E-state index contributed by atoms with van der Waals surface area (Å²) in [7, 11) is 2.04. The van der Waals surface area contributed by atoms with Gasteiger partial charge in [0.1, 0.15) is 5.69 Å². The van der Waals surface area contributed by atoms with Gasteiger partial charge in [0.2, 0.25) is 5.91 Å². The largest absolute Gasteiger partial charge is 0.477 e. The van der Waals surface area contributed by atoms with E-state index in [0.29, 0.717) is 0 Å². The van der Waals surface area contributed by atoms with Crippen LogP contribution in [0.15, 0.2) is 18.2 Å². The lowest BCUT2D eigenvalue weighted by Crippen LogP contribution is -2.52. The van der Waals surface area contributed by atoms with Crippen LogP contribution >= 0.6 is 0 Å². The van der Waals surface area contributed by atoms with Gasteiger partial charge in [-0.1, -0.05) is 18.2 Å². The number of H-pyrrole nitrogens is 1. The minimum atomic E-state index is -0.927. The Morgan fingerprint density at radius 2 is 1.93 bits per heavy atom. The van der Waals surface area contributed by atoms with Gasteiger partial charge in [-0.3, -0.25) is 14.6 Å². The molecule has 4 rings (SSSR count). The number of amides is 1. The van der Waals surface area contributed by atoms with Crippen molar-refractivity contribution >= 4 is 22.8 Å². The third-order valence-corrected chi connectivity index (χ3v) is 6.28. The fraction of sp³-hybridized carbons (Fsp3) is 0.524. The second-order valence-electron chi connectivity index (χ2n) is 8.01. The lowest BCUT2D eigenvalue weighted by atomic mass is 10.1. The van der Waals surface area contributed by atoms with Gasteiger partial charge in [0.05, 0.1) is 11.6 Å². The zero-order chi connectivity index (χ0) is 19.8. The predicted octanol–water partition coefficient (Wildman–Crippen LogP) is 1.91. The first kappa shape index (κ1) is 19.0. The number of aromatic amines is 1. The van der Waals surface area contributed by atoms with Gasteiger partial charge in [-0.05, 0) is 44.5 Å². The van der Waals surface area contributed by atoms with Crippen LogP contribution in [-0.2, 0) is 11.3 Å². The number of aromatic carboxylic acids is 1. The Hall–Kier alpha value is -2.38. The molecule has 0 aliphatic carbocycles. The Labute approximate surface area is 164 Å². The standard InChI is InChI=1S/C21H28N4O3/c1-14-16-6-3-5-15(19(16)22-18(14)21(27)28)13-24-9-11-25(12-10-24)20(26)17-7-4-8-23(17)2/h3,5-6,17,22H,4,7-13H2,1-2H3,(H,27,28). The summed E-state index contributed by atoms with van der Waals surface area (Å²) in [5.41, 5.74) is 3.05. The van der Waals surface area contributed by atoms with Crippen LogP contribution in [0.3, 0.4) is 0 Å². The van der Waals surface area contributed by atoms with Crippen molar-refractivity contribution in [3.63, 3.8) is 0 Å². The molecule has 1 amide bonds. The molecule has 7 heteroatoms. The van der Waals surface area contributed by atoms with Gasteiger partial charge in [-0.25, -0.2) is 4.79 Å². The van der Waals surface area contributed by atoms with Crippen molar-refractivity contribution in [3.8, 4) is 0 Å². The van der Waals surface area contributed by atoms with E-state index in [2.05, 4.69) is 20.9 Å². The van der Waals surface area contributed by atoms with Crippen LogP contribution < -0.4 is 0 Å². The molecule has 2 aliphatic rings. The quantitative estimate of drug-likeness (QED) is 0.842. The molecule has 0 spiro atoms. The van der Waals surface area contributed by atoms with Gasteiger partial charge < -0.3 is 15.0 Å². The molecule has 2 N–H and O–H groups in total. The monoisotopic (exact) mass is 384 g/mol. The molecule has 2 fully saturated rings. The zero-order valence-electron chi connectivity index (χ0n) is 16.6. The highest BCUT2D eigenvalue weighted by Crippen LogP contribution is 2.26. The van der Waals surface area contributed by atoms with Crippen LogP contribution in [0.4, 0.5) is 0 Å². The van der Waals surface area contributed by atoms with Crippen molar-refractivity contribution in [1.82, 2.24) is 19.7 Å². The second kappa shape index (κ2) is 7.56. The van der Waals surface area contributed by atoms with E-state index < -0.39 is 5.97 Å². The Morgan fingerprint density at radius 1 is 1.18 bits per heavy atom. The van der Waals surface area contributed by atoms with E-state index in [1.165, 1.54) is 0 Å². The maximum absolute atomic E-state index is 12.8. The average molecular weight is 384 g/mol. The number of benzene rings is 1. The number of rotatable bonds is 4. The average Bonchev–Trinajstić information content (AvgIpc) is 3.26. The van der Waals surface area contributed by atoms with Crippen molar-refractivity contribution in [2.24, 2.45) is 0 Å². The Balaban J connectivity index is 1.43. The summed E-state index contributed by atoms with van der Waals surface area (Å²) >= 11 is 0. The molecule has 7 nitrogen and oxygen atoms in total. The van der Waals surface area contributed by atoms with E-state index in [-0.39, 0.29) is 17.6 Å². The number of carboxylic acids is 1. The minimum absolute atomic E-state index is 0.0524. The van der Waals surface area contributed by atoms with E-state index in [1.54, 1.807) is 0 Å². The first-order chi connectivity index (χ1) is 13.5. The first-order valence-electron chi connectivity index (χ1n) is 10.0. The van der Waals surface area contributed by atoms with Crippen LogP contribution in [0.1, 0.15) is 34.5 Å². The molecule has 3 heterocycles. The van der Waals surface area contributed by atoms with Crippen molar-refractivity contribution in [2.45, 2.75) is 32.4 Å². The van der Waals surface area contributed by atoms with E-state index in [0.717, 1.165) is 74.1 Å². The van der Waals surface area contributed by atoms with Crippen LogP contribution in [0.5, 0.6) is 0 Å². The van der Waals surface area contributed by atoms with Gasteiger partial charge in [-0.2, -0.15) is 0 Å². The Kier molecular flexibility index (Phi) is 5.12. The van der Waals surface area contributed by atoms with Crippen LogP contribution in [0.25, 0.3) is 10.9 Å². The number of carboxylic acid groups (broad SMARTS) is 1. The summed E-state index contributed by atoms with van der Waals surface area (Å²) in [5, 5.41) is 10.4. The molecular weight excluding hydrogens is 356 g/mol. The number of hydrogen-bond acceptors (Lipinski definition) is 4. The van der Waals surface area contributed by atoms with E-state index >= 15 is 0 Å². The molecule has 1 atom stereocenters. The second-order valence-corrected chi connectivity index (χ2v) is 8.01. The van der Waals surface area contributed by atoms with Crippen LogP contribution in [0.2, 0.25) is 0 Å². The summed E-state index contributed by atoms with van der Waals surface area (Å²) in [5.74, 6) is -0.656. The first-order valence-corrected chi connectivity index (χ1v) is 10.0. The number of para-hydroxylation sites is 1. The van der Waals surface area contributed by atoms with Crippen molar-refractivity contribution in [3.05, 3.63) is 35.0 Å². The lowest BCUT2D eigenvalue weighted by Gasteiger charge is -2.37. The summed E-state index contributed by atoms with van der Waals surface area (Å²) in [6.45, 7) is 6.78. The number of aromatic nitrogens is 1. The maximum Gasteiger partial charge on any atom is 0.352 e. The lowest BCUT2D eigenvalue weighted by molar-refractivity contribution is -0.137. The number of nitrogens with one attached hydrogen (secondary N) is 1. The number of carbonyl (C=O) groups excluding carboxylic acids is 1. The van der Waals surface area contributed by atoms with E-state index in [9.17, 15) is 14.7 Å². The fourth-order valence-electron chi connectivity index (χ4n) is 4.56. The SMILES string of the molecule is Cc1c(C(=O)O)[nH]c2c(CN3CCN(C(=O)C4CCCN4C)CC3)cccc12. The van der Waals surface area contributed by atoms with Gasteiger partial charge in [0, 0.05) is 38.1 Å². The number of fused-ring (bicyclic) bond motifs is 1. The van der Waals surface area contributed by atoms with Gasteiger partial charge >= 0.3 is 5.97 Å². The predicted molar refractivity (Wildman–Crippen MR) is 108 cm³/mol. The summed E-state index contributed by atoms with van der Waals surface area (Å²) < 4.78 is 0. The van der Waals surface area contributed by atoms with Crippen LogP contribution in [-0.4, -0.2) is 82.5 Å². The molecule has 150 valence electrons.